The summed E-state index contributed by atoms with van der Waals surface area (Å²) in [5.41, 5.74) is 4.28. The largest absolute Gasteiger partial charge is 0.509 e. The van der Waals surface area contributed by atoms with E-state index in [9.17, 15) is 9.90 Å². The Hall–Kier alpha value is -3.61. The number of ether oxygens (including phenoxy) is 1. The van der Waals surface area contributed by atoms with E-state index in [4.69, 9.17) is 10.1 Å². The highest BCUT2D eigenvalue weighted by atomic mass is 16.5. The fourth-order valence-electron chi connectivity index (χ4n) is 3.39. The second-order valence-corrected chi connectivity index (χ2v) is 7.90. The van der Waals surface area contributed by atoms with E-state index in [2.05, 4.69) is 9.97 Å². The molecule has 0 radical (unpaired) electrons. The molecule has 1 aliphatic heterocycles. The molecule has 0 bridgehead atoms. The van der Waals surface area contributed by atoms with Crippen molar-refractivity contribution in [1.29, 1.82) is 5.41 Å². The number of fused-ring (bicyclic) bond motifs is 1. The van der Waals surface area contributed by atoms with Crippen LogP contribution in [0.1, 0.15) is 35.6 Å². The van der Waals surface area contributed by atoms with Crippen LogP contribution in [0.2, 0.25) is 0 Å². The van der Waals surface area contributed by atoms with Gasteiger partial charge in [0.15, 0.2) is 0 Å². The van der Waals surface area contributed by atoms with Gasteiger partial charge < -0.3 is 19.7 Å². The van der Waals surface area contributed by atoms with Gasteiger partial charge in [-0.05, 0) is 54.8 Å². The predicted octanol–water partition coefficient (Wildman–Crippen LogP) is 4.45. The third kappa shape index (κ3) is 3.66. The number of imidazole rings is 1. The summed E-state index contributed by atoms with van der Waals surface area (Å²) in [6.45, 7) is 6.50. The molecule has 154 valence electrons. The number of hydrogen-bond donors (Lipinski definition) is 3. The zero-order valence-electron chi connectivity index (χ0n) is 17.2. The molecule has 2 heterocycles. The lowest BCUT2D eigenvalue weighted by Crippen LogP contribution is -2.26. The molecule has 0 amide bonds. The minimum Gasteiger partial charge on any atom is -0.509 e. The molecular weight excluding hydrogens is 380 g/mol. The van der Waals surface area contributed by atoms with Gasteiger partial charge in [-0.2, -0.15) is 0 Å². The number of aliphatic hydroxyl groups excluding tert-OH is 1. The van der Waals surface area contributed by atoms with Gasteiger partial charge >= 0.3 is 5.97 Å². The SMILES string of the molecule is Cc1ccc2nc(C3=C(O)CN(c4ccc(C(=O)OCC(C)C)cc4)C3=N)[nH]c2c1. The average molecular weight is 404 g/mol. The van der Waals surface area contributed by atoms with Crippen LogP contribution in [0.3, 0.4) is 0 Å². The Balaban J connectivity index is 1.54. The second-order valence-electron chi connectivity index (χ2n) is 7.90. The van der Waals surface area contributed by atoms with Gasteiger partial charge in [0.25, 0.3) is 0 Å². The maximum atomic E-state index is 12.1. The summed E-state index contributed by atoms with van der Waals surface area (Å²) >= 11 is 0. The van der Waals surface area contributed by atoms with Crippen molar-refractivity contribution in [3.05, 3.63) is 65.2 Å². The highest BCUT2D eigenvalue weighted by molar-refractivity contribution is 6.30. The van der Waals surface area contributed by atoms with Gasteiger partial charge in [-0.1, -0.05) is 19.9 Å². The average Bonchev–Trinajstić information content (AvgIpc) is 3.25. The van der Waals surface area contributed by atoms with Gasteiger partial charge in [0.05, 0.1) is 35.3 Å². The van der Waals surface area contributed by atoms with Crippen LogP contribution in [-0.2, 0) is 4.74 Å². The lowest BCUT2D eigenvalue weighted by atomic mass is 10.2. The van der Waals surface area contributed by atoms with E-state index in [1.165, 1.54) is 0 Å². The Labute approximate surface area is 174 Å². The molecular formula is C23H24N4O3. The standard InChI is InChI=1S/C23H24N4O3/c1-13(2)12-30-23(29)15-5-7-16(8-6-15)27-11-19(28)20(21(27)24)22-25-17-9-4-14(3)10-18(17)26-22/h4-10,13,24,28H,11-12H2,1-3H3,(H,25,26). The summed E-state index contributed by atoms with van der Waals surface area (Å²) in [5.74, 6) is 0.600. The van der Waals surface area contributed by atoms with Crippen LogP contribution in [0, 0.1) is 18.3 Å². The van der Waals surface area contributed by atoms with E-state index >= 15 is 0 Å². The second kappa shape index (κ2) is 7.67. The van der Waals surface area contributed by atoms with Crippen LogP contribution in [0.5, 0.6) is 0 Å². The fourth-order valence-corrected chi connectivity index (χ4v) is 3.39. The first-order valence-corrected chi connectivity index (χ1v) is 9.86. The van der Waals surface area contributed by atoms with Crippen LogP contribution in [0.4, 0.5) is 5.69 Å². The van der Waals surface area contributed by atoms with Crippen LogP contribution >= 0.6 is 0 Å². The van der Waals surface area contributed by atoms with Crippen molar-refractivity contribution in [1.82, 2.24) is 9.97 Å². The normalized spacial score (nSPS) is 14.3. The van der Waals surface area contributed by atoms with Crippen LogP contribution in [-0.4, -0.2) is 40.0 Å². The monoisotopic (exact) mass is 404 g/mol. The molecule has 0 spiro atoms. The number of hydrogen-bond acceptors (Lipinski definition) is 5. The maximum Gasteiger partial charge on any atom is 0.338 e. The topological polar surface area (TPSA) is 102 Å². The first kappa shape index (κ1) is 19.7. The zero-order chi connectivity index (χ0) is 21.4. The van der Waals surface area contributed by atoms with Crippen LogP contribution in [0.15, 0.2) is 48.2 Å². The summed E-state index contributed by atoms with van der Waals surface area (Å²) < 4.78 is 5.25. The van der Waals surface area contributed by atoms with Crippen molar-refractivity contribution >= 4 is 34.1 Å². The Bertz CT molecular complexity index is 1160. The third-order valence-electron chi connectivity index (χ3n) is 4.94. The summed E-state index contributed by atoms with van der Waals surface area (Å²) in [4.78, 5) is 21.5. The molecule has 0 fully saturated rings. The minimum absolute atomic E-state index is 0.0798. The number of aromatic amines is 1. The van der Waals surface area contributed by atoms with Crippen molar-refractivity contribution in [2.75, 3.05) is 18.1 Å². The molecule has 0 aliphatic carbocycles. The molecule has 1 aromatic heterocycles. The van der Waals surface area contributed by atoms with Crippen molar-refractivity contribution in [3.8, 4) is 0 Å². The summed E-state index contributed by atoms with van der Waals surface area (Å²) in [5, 5.41) is 19.1. The van der Waals surface area contributed by atoms with Crippen molar-refractivity contribution in [2.45, 2.75) is 20.8 Å². The Morgan fingerprint density at radius 1 is 1.27 bits per heavy atom. The molecule has 3 N–H and O–H groups in total. The summed E-state index contributed by atoms with van der Waals surface area (Å²) in [7, 11) is 0. The van der Waals surface area contributed by atoms with Gasteiger partial charge in [0.2, 0.25) is 0 Å². The molecule has 0 unspecified atom stereocenters. The van der Waals surface area contributed by atoms with Crippen molar-refractivity contribution in [3.63, 3.8) is 0 Å². The fraction of sp³-hybridized carbons (Fsp3) is 0.261. The van der Waals surface area contributed by atoms with E-state index in [-0.39, 0.29) is 30.0 Å². The van der Waals surface area contributed by atoms with E-state index in [0.29, 0.717) is 29.3 Å². The predicted molar refractivity (Wildman–Crippen MR) is 117 cm³/mol. The number of aliphatic hydroxyl groups is 1. The van der Waals surface area contributed by atoms with Gasteiger partial charge in [0.1, 0.15) is 17.4 Å². The quantitative estimate of drug-likeness (QED) is 0.545. The Morgan fingerprint density at radius 3 is 2.70 bits per heavy atom. The number of H-pyrrole nitrogens is 1. The number of aryl methyl sites for hydroxylation is 1. The Kier molecular flexibility index (Phi) is 5.03. The number of carbonyl (C=O) groups excluding carboxylic acids is 1. The van der Waals surface area contributed by atoms with Gasteiger partial charge in [0, 0.05) is 5.69 Å². The highest BCUT2D eigenvalue weighted by Gasteiger charge is 2.31. The molecule has 0 saturated carbocycles. The molecule has 7 heteroatoms. The van der Waals surface area contributed by atoms with Crippen LogP contribution in [0.25, 0.3) is 16.6 Å². The number of aromatic nitrogens is 2. The number of esters is 1. The Morgan fingerprint density at radius 2 is 2.00 bits per heavy atom. The van der Waals surface area contributed by atoms with Crippen LogP contribution < -0.4 is 4.90 Å². The van der Waals surface area contributed by atoms with E-state index in [0.717, 1.165) is 16.6 Å². The van der Waals surface area contributed by atoms with Gasteiger partial charge in [-0.3, -0.25) is 5.41 Å². The number of nitrogens with zero attached hydrogens (tertiary/aromatic N) is 2. The molecule has 3 aromatic rings. The van der Waals surface area contributed by atoms with E-state index in [1.807, 2.05) is 39.0 Å². The molecule has 7 nitrogen and oxygen atoms in total. The maximum absolute atomic E-state index is 12.1. The highest BCUT2D eigenvalue weighted by Crippen LogP contribution is 2.31. The summed E-state index contributed by atoms with van der Waals surface area (Å²) in [6, 6.07) is 12.7. The lowest BCUT2D eigenvalue weighted by Gasteiger charge is -2.19. The minimum atomic E-state index is -0.369. The smallest absolute Gasteiger partial charge is 0.338 e. The molecule has 0 saturated heterocycles. The number of anilines is 1. The molecule has 4 rings (SSSR count). The lowest BCUT2D eigenvalue weighted by molar-refractivity contribution is 0.0459. The van der Waals surface area contributed by atoms with Gasteiger partial charge in [-0.15, -0.1) is 0 Å². The number of amidine groups is 1. The molecule has 1 aliphatic rings. The van der Waals surface area contributed by atoms with Crippen molar-refractivity contribution in [2.24, 2.45) is 5.92 Å². The van der Waals surface area contributed by atoms with E-state index in [1.54, 1.807) is 29.2 Å². The molecule has 2 aromatic carbocycles. The van der Waals surface area contributed by atoms with E-state index < -0.39 is 0 Å². The first-order chi connectivity index (χ1) is 14.3. The number of benzene rings is 2. The molecule has 0 atom stereocenters. The van der Waals surface area contributed by atoms with Crippen molar-refractivity contribution < 1.29 is 14.6 Å². The third-order valence-corrected chi connectivity index (χ3v) is 4.94. The van der Waals surface area contributed by atoms with Gasteiger partial charge in [-0.25, -0.2) is 9.78 Å². The number of carbonyl (C=O) groups is 1. The zero-order valence-corrected chi connectivity index (χ0v) is 17.2. The first-order valence-electron chi connectivity index (χ1n) is 9.86. The number of nitrogens with one attached hydrogen (secondary N) is 2. The summed E-state index contributed by atoms with van der Waals surface area (Å²) in [6.07, 6.45) is 0. The molecule has 30 heavy (non-hydrogen) atoms. The number of rotatable bonds is 5.